The quantitative estimate of drug-likeness (QED) is 0.602. The normalized spacial score (nSPS) is 10.3. The largest absolute Gasteiger partial charge is 0.476 e. The van der Waals surface area contributed by atoms with Gasteiger partial charge in [0.25, 0.3) is 0 Å². The minimum Gasteiger partial charge on any atom is -0.476 e. The van der Waals surface area contributed by atoms with E-state index < -0.39 is 33.9 Å². The Bertz CT molecular complexity index is 724. The Balaban J connectivity index is 2.60. The lowest BCUT2D eigenvalue weighted by Crippen LogP contribution is -2.12. The summed E-state index contributed by atoms with van der Waals surface area (Å²) in [7, 11) is 0. The maximum Gasteiger partial charge on any atom is 0.363 e. The highest BCUT2D eigenvalue weighted by atomic mass is 16.6. The van der Waals surface area contributed by atoms with Crippen LogP contribution in [0.15, 0.2) is 24.5 Å². The van der Waals surface area contributed by atoms with Crippen LogP contribution in [0, 0.1) is 10.1 Å². The van der Waals surface area contributed by atoms with Gasteiger partial charge in [-0.15, -0.1) is 0 Å². The molecule has 0 spiro atoms. The second-order valence-electron chi connectivity index (χ2n) is 3.93. The van der Waals surface area contributed by atoms with E-state index in [-0.39, 0.29) is 6.54 Å². The molecule has 2 aromatic heterocycles. The topological polar surface area (TPSA) is 148 Å². The zero-order valence-electron chi connectivity index (χ0n) is 10.3. The summed E-state index contributed by atoms with van der Waals surface area (Å²) >= 11 is 0. The van der Waals surface area contributed by atoms with E-state index in [1.54, 1.807) is 12.1 Å². The van der Waals surface area contributed by atoms with Crippen LogP contribution in [-0.4, -0.2) is 41.8 Å². The Morgan fingerprint density at radius 3 is 2.52 bits per heavy atom. The number of carboxylic acids is 2. The highest BCUT2D eigenvalue weighted by Gasteiger charge is 2.35. The molecule has 2 N–H and O–H groups in total. The Kier molecular flexibility index (Phi) is 3.61. The number of nitrogens with zero attached hydrogens (tertiary/aromatic N) is 4. The molecule has 2 aromatic rings. The van der Waals surface area contributed by atoms with Crippen molar-refractivity contribution in [3.63, 3.8) is 0 Å². The molecule has 2 rings (SSSR count). The number of pyridine rings is 1. The monoisotopic (exact) mass is 292 g/mol. The molecular weight excluding hydrogens is 284 g/mol. The van der Waals surface area contributed by atoms with Crippen molar-refractivity contribution in [3.05, 3.63) is 51.6 Å². The van der Waals surface area contributed by atoms with Crippen molar-refractivity contribution in [1.29, 1.82) is 0 Å². The zero-order valence-corrected chi connectivity index (χ0v) is 10.3. The molecule has 0 radical (unpaired) electrons. The molecule has 0 aliphatic rings. The Morgan fingerprint density at radius 1 is 1.33 bits per heavy atom. The van der Waals surface area contributed by atoms with Gasteiger partial charge in [0.15, 0.2) is 0 Å². The lowest BCUT2D eigenvalue weighted by Gasteiger charge is -2.03. The molecule has 0 atom stereocenters. The van der Waals surface area contributed by atoms with Gasteiger partial charge in [-0.25, -0.2) is 14.3 Å². The van der Waals surface area contributed by atoms with Crippen LogP contribution >= 0.6 is 0 Å². The first-order chi connectivity index (χ1) is 9.91. The molecular formula is C11H8N4O6. The van der Waals surface area contributed by atoms with E-state index >= 15 is 0 Å². The van der Waals surface area contributed by atoms with Gasteiger partial charge in [0.2, 0.25) is 11.4 Å². The van der Waals surface area contributed by atoms with Gasteiger partial charge in [-0.05, 0) is 11.6 Å². The average Bonchev–Trinajstić information content (AvgIpc) is 2.79. The Labute approximate surface area is 116 Å². The van der Waals surface area contributed by atoms with Gasteiger partial charge in [0, 0.05) is 12.4 Å². The van der Waals surface area contributed by atoms with Gasteiger partial charge in [0.1, 0.15) is 0 Å². The summed E-state index contributed by atoms with van der Waals surface area (Å²) in [6.07, 6.45) is 2.91. The van der Waals surface area contributed by atoms with E-state index in [0.717, 1.165) is 4.68 Å². The van der Waals surface area contributed by atoms with Gasteiger partial charge >= 0.3 is 17.6 Å². The lowest BCUT2D eigenvalue weighted by atomic mass is 10.2. The van der Waals surface area contributed by atoms with E-state index in [2.05, 4.69) is 10.1 Å². The second kappa shape index (κ2) is 5.36. The van der Waals surface area contributed by atoms with Crippen LogP contribution < -0.4 is 0 Å². The number of aromatic carboxylic acids is 2. The fraction of sp³-hybridized carbons (Fsp3) is 0.0909. The van der Waals surface area contributed by atoms with Crippen LogP contribution in [0.2, 0.25) is 0 Å². The van der Waals surface area contributed by atoms with Gasteiger partial charge in [-0.1, -0.05) is 6.07 Å². The Morgan fingerprint density at radius 2 is 2.05 bits per heavy atom. The number of carboxylic acid groups (broad SMARTS) is 2. The molecule has 0 saturated carbocycles. The van der Waals surface area contributed by atoms with Crippen LogP contribution in [-0.2, 0) is 6.54 Å². The minimum absolute atomic E-state index is 0.149. The third-order valence-corrected chi connectivity index (χ3v) is 2.57. The van der Waals surface area contributed by atoms with Crippen molar-refractivity contribution in [2.24, 2.45) is 0 Å². The van der Waals surface area contributed by atoms with Gasteiger partial charge in [0.05, 0.1) is 11.5 Å². The van der Waals surface area contributed by atoms with Gasteiger partial charge in [-0.3, -0.25) is 15.1 Å². The first-order valence-corrected chi connectivity index (χ1v) is 5.52. The molecule has 0 amide bonds. The zero-order chi connectivity index (χ0) is 15.6. The molecule has 0 fully saturated rings. The smallest absolute Gasteiger partial charge is 0.363 e. The first-order valence-electron chi connectivity index (χ1n) is 5.52. The fourth-order valence-electron chi connectivity index (χ4n) is 1.76. The second-order valence-corrected chi connectivity index (χ2v) is 3.93. The fourth-order valence-corrected chi connectivity index (χ4v) is 1.76. The summed E-state index contributed by atoms with van der Waals surface area (Å²) in [5, 5.41) is 32.5. The van der Waals surface area contributed by atoms with Crippen molar-refractivity contribution in [1.82, 2.24) is 14.8 Å². The van der Waals surface area contributed by atoms with Crippen molar-refractivity contribution >= 4 is 17.6 Å². The molecule has 0 unspecified atom stereocenters. The predicted molar refractivity (Wildman–Crippen MR) is 66.1 cm³/mol. The number of carbonyl (C=O) groups is 2. The summed E-state index contributed by atoms with van der Waals surface area (Å²) in [5.41, 5.74) is -2.23. The van der Waals surface area contributed by atoms with E-state index in [9.17, 15) is 19.7 Å². The van der Waals surface area contributed by atoms with Gasteiger partial charge in [-0.2, -0.15) is 5.10 Å². The molecule has 0 bridgehead atoms. The van der Waals surface area contributed by atoms with E-state index in [1.807, 2.05) is 0 Å². The molecule has 108 valence electrons. The van der Waals surface area contributed by atoms with Crippen LogP contribution in [0.25, 0.3) is 0 Å². The highest BCUT2D eigenvalue weighted by Crippen LogP contribution is 2.24. The maximum atomic E-state index is 11.2. The summed E-state index contributed by atoms with van der Waals surface area (Å²) in [5.74, 6) is -3.31. The highest BCUT2D eigenvalue weighted by molar-refractivity contribution is 5.98. The van der Waals surface area contributed by atoms with Crippen LogP contribution in [0.4, 0.5) is 5.69 Å². The van der Waals surface area contributed by atoms with Crippen molar-refractivity contribution in [3.8, 4) is 0 Å². The summed E-state index contributed by atoms with van der Waals surface area (Å²) in [6.45, 7) is -0.149. The average molecular weight is 292 g/mol. The molecule has 10 heteroatoms. The Hall–Kier alpha value is -3.30. The van der Waals surface area contributed by atoms with Crippen molar-refractivity contribution in [2.75, 3.05) is 0 Å². The first kappa shape index (κ1) is 14.1. The minimum atomic E-state index is -1.67. The van der Waals surface area contributed by atoms with Gasteiger partial charge < -0.3 is 10.2 Å². The van der Waals surface area contributed by atoms with E-state index in [0.29, 0.717) is 5.56 Å². The van der Waals surface area contributed by atoms with Crippen LogP contribution in [0.5, 0.6) is 0 Å². The standard InChI is InChI=1S/C11H8N4O6/c16-10(17)7-8(15(20)21)9(11(18)19)14(13-7)5-6-2-1-3-12-4-6/h1-4H,5H2,(H,16,17)(H,18,19). The maximum absolute atomic E-state index is 11.2. The van der Waals surface area contributed by atoms with Crippen LogP contribution in [0.3, 0.4) is 0 Å². The SMILES string of the molecule is O=C(O)c1nn(Cc2cccnc2)c(C(=O)O)c1[N+](=O)[O-]. The third kappa shape index (κ3) is 2.68. The summed E-state index contributed by atoms with van der Waals surface area (Å²) in [6, 6.07) is 3.19. The van der Waals surface area contributed by atoms with Crippen molar-refractivity contribution in [2.45, 2.75) is 6.54 Å². The molecule has 0 aromatic carbocycles. The molecule has 0 aliphatic carbocycles. The van der Waals surface area contributed by atoms with Crippen LogP contribution in [0.1, 0.15) is 26.5 Å². The number of nitro groups is 1. The molecule has 0 saturated heterocycles. The summed E-state index contributed by atoms with van der Waals surface area (Å²) in [4.78, 5) is 35.9. The summed E-state index contributed by atoms with van der Waals surface area (Å²) < 4.78 is 0.765. The molecule has 21 heavy (non-hydrogen) atoms. The predicted octanol–water partition coefficient (Wildman–Crippen LogP) is 0.631. The van der Waals surface area contributed by atoms with E-state index in [4.69, 9.17) is 10.2 Å². The lowest BCUT2D eigenvalue weighted by molar-refractivity contribution is -0.385. The number of hydrogen-bond acceptors (Lipinski definition) is 6. The van der Waals surface area contributed by atoms with Crippen molar-refractivity contribution < 1.29 is 24.7 Å². The number of hydrogen-bond donors (Lipinski definition) is 2. The number of rotatable bonds is 5. The van der Waals surface area contributed by atoms with E-state index in [1.165, 1.54) is 12.4 Å². The number of aromatic nitrogens is 3. The third-order valence-electron chi connectivity index (χ3n) is 2.57. The molecule has 10 nitrogen and oxygen atoms in total. The molecule has 2 heterocycles. The molecule has 0 aliphatic heterocycles.